The highest BCUT2D eigenvalue weighted by Crippen LogP contribution is 2.36. The molecule has 0 spiro atoms. The zero-order valence-corrected chi connectivity index (χ0v) is 29.7. The van der Waals surface area contributed by atoms with Crippen LogP contribution in [0.4, 0.5) is 0 Å². The molecular formula is C39H68N2O4+2. The molecule has 4 aliphatic rings. The summed E-state index contributed by atoms with van der Waals surface area (Å²) in [7, 11) is 1.51. The molecule has 256 valence electrons. The summed E-state index contributed by atoms with van der Waals surface area (Å²) >= 11 is 0. The monoisotopic (exact) mass is 629 g/mol. The van der Waals surface area contributed by atoms with Crippen LogP contribution in [0.1, 0.15) is 149 Å². The highest BCUT2D eigenvalue weighted by atomic mass is 16.5. The van der Waals surface area contributed by atoms with Gasteiger partial charge < -0.3 is 9.47 Å². The molecule has 6 heteroatoms. The third-order valence-corrected chi connectivity index (χ3v) is 12.0. The minimum absolute atomic E-state index is 0.0200. The molecule has 4 rings (SSSR count). The zero-order chi connectivity index (χ0) is 32.0. The van der Waals surface area contributed by atoms with Gasteiger partial charge in [-0.05, 0) is 63.2 Å². The Morgan fingerprint density at radius 3 is 2.04 bits per heavy atom. The molecule has 2 heterocycles. The van der Waals surface area contributed by atoms with Gasteiger partial charge in [-0.15, -0.1) is 0 Å². The number of methoxy groups -OCH3 is 1. The van der Waals surface area contributed by atoms with E-state index in [4.69, 9.17) is 9.47 Å². The maximum atomic E-state index is 12.2. The number of carbonyl (C=O) groups is 2. The number of rotatable bonds is 16. The Balaban J connectivity index is 1.11. The fourth-order valence-corrected chi connectivity index (χ4v) is 9.40. The molecule has 0 amide bonds. The van der Waals surface area contributed by atoms with Gasteiger partial charge in [0.1, 0.15) is 26.2 Å². The Labute approximate surface area is 275 Å². The van der Waals surface area contributed by atoms with Crippen molar-refractivity contribution in [2.45, 2.75) is 149 Å². The van der Waals surface area contributed by atoms with E-state index in [2.05, 4.69) is 23.0 Å². The van der Waals surface area contributed by atoms with Crippen LogP contribution >= 0.6 is 0 Å². The van der Waals surface area contributed by atoms with Gasteiger partial charge in [-0.25, -0.2) is 9.15 Å². The second-order valence-corrected chi connectivity index (χ2v) is 15.3. The largest absolute Gasteiger partial charge is 0.469 e. The smallest absolute Gasteiger partial charge is 0.306 e. The fourth-order valence-electron chi connectivity index (χ4n) is 9.40. The first-order chi connectivity index (χ1) is 21.9. The molecule has 0 aromatic heterocycles. The number of nitrogens with zero attached hydrogens (tertiary/aromatic N) is 2. The standard InChI is InChI=1S/C39H68N2O4/c1-5-45-39(43)27-31(3)35-21-20-32(28-37(35)40-23-14-15-24-40)16-10-8-6-7-9-11-17-33-22-25-41(29-33)36-19-13-12-18-34(36)30(2)26-38(42)44-4/h30-35H,5-29H2,1-4H3/q+2/b41-36+. The van der Waals surface area contributed by atoms with Crippen molar-refractivity contribution in [3.8, 4) is 0 Å². The van der Waals surface area contributed by atoms with Gasteiger partial charge in [-0.1, -0.05) is 58.8 Å². The average molecular weight is 629 g/mol. The molecule has 4 fully saturated rings. The van der Waals surface area contributed by atoms with E-state index in [-0.39, 0.29) is 11.9 Å². The lowest BCUT2D eigenvalue weighted by atomic mass is 9.72. The number of hydrogen-bond acceptors (Lipinski definition) is 4. The molecule has 0 N–H and O–H groups in total. The molecule has 0 aromatic rings. The van der Waals surface area contributed by atoms with Crippen molar-refractivity contribution in [3.05, 3.63) is 0 Å². The van der Waals surface area contributed by atoms with Gasteiger partial charge in [0, 0.05) is 62.7 Å². The van der Waals surface area contributed by atoms with Gasteiger partial charge in [-0.2, -0.15) is 0 Å². The van der Waals surface area contributed by atoms with Crippen molar-refractivity contribution in [3.63, 3.8) is 0 Å². The summed E-state index contributed by atoms with van der Waals surface area (Å²) in [5.41, 5.74) is 3.34. The van der Waals surface area contributed by atoms with Crippen molar-refractivity contribution >= 4 is 23.4 Å². The molecule has 0 radical (unpaired) electrons. The topological polar surface area (TPSA) is 58.6 Å². The molecule has 2 saturated heterocycles. The van der Waals surface area contributed by atoms with Crippen LogP contribution in [0.25, 0.3) is 0 Å². The van der Waals surface area contributed by atoms with Crippen LogP contribution in [0.3, 0.4) is 0 Å². The molecule has 2 saturated carbocycles. The number of esters is 2. The van der Waals surface area contributed by atoms with Crippen molar-refractivity contribution in [2.24, 2.45) is 35.5 Å². The third kappa shape index (κ3) is 11.2. The van der Waals surface area contributed by atoms with E-state index in [0.29, 0.717) is 43.1 Å². The summed E-state index contributed by atoms with van der Waals surface area (Å²) in [4.78, 5) is 24.1. The lowest BCUT2D eigenvalue weighted by Gasteiger charge is -2.32. The fraction of sp³-hybridized carbons (Fsp3) is 0.897. The van der Waals surface area contributed by atoms with E-state index in [1.54, 1.807) is 11.4 Å². The van der Waals surface area contributed by atoms with Crippen LogP contribution in [0.15, 0.2) is 0 Å². The van der Waals surface area contributed by atoms with Gasteiger partial charge in [0.15, 0.2) is 11.4 Å². The molecule has 6 nitrogen and oxygen atoms in total. The van der Waals surface area contributed by atoms with Crippen LogP contribution in [0.2, 0.25) is 0 Å². The number of carbonyl (C=O) groups excluding carboxylic acids is 2. The van der Waals surface area contributed by atoms with Crippen molar-refractivity contribution < 1.29 is 28.2 Å². The van der Waals surface area contributed by atoms with Crippen LogP contribution in [-0.2, 0) is 19.1 Å². The van der Waals surface area contributed by atoms with E-state index < -0.39 is 0 Å². The second kappa shape index (κ2) is 19.2. The lowest BCUT2D eigenvalue weighted by molar-refractivity contribution is -0.513. The first-order valence-electron chi connectivity index (χ1n) is 19.3. The van der Waals surface area contributed by atoms with Crippen LogP contribution < -0.4 is 0 Å². The van der Waals surface area contributed by atoms with E-state index >= 15 is 0 Å². The van der Waals surface area contributed by atoms with E-state index in [0.717, 1.165) is 11.8 Å². The van der Waals surface area contributed by atoms with Crippen molar-refractivity contribution in [1.82, 2.24) is 0 Å². The maximum absolute atomic E-state index is 12.2. The van der Waals surface area contributed by atoms with E-state index in [9.17, 15) is 9.59 Å². The maximum Gasteiger partial charge on any atom is 0.306 e. The predicted octanol–water partition coefficient (Wildman–Crippen LogP) is 8.22. The molecule has 6 unspecified atom stereocenters. The first kappa shape index (κ1) is 36.1. The Hall–Kier alpha value is -1.72. The van der Waals surface area contributed by atoms with Crippen molar-refractivity contribution in [1.29, 1.82) is 0 Å². The minimum Gasteiger partial charge on any atom is -0.469 e. The molecule has 0 aromatic carbocycles. The van der Waals surface area contributed by atoms with Gasteiger partial charge >= 0.3 is 11.9 Å². The van der Waals surface area contributed by atoms with Gasteiger partial charge in [0.05, 0.1) is 13.7 Å². The first-order valence-corrected chi connectivity index (χ1v) is 19.3. The van der Waals surface area contributed by atoms with Crippen LogP contribution in [0, 0.1) is 35.5 Å². The molecule has 0 bridgehead atoms. The third-order valence-electron chi connectivity index (χ3n) is 12.0. The summed E-state index contributed by atoms with van der Waals surface area (Å²) in [5, 5.41) is 0. The number of unbranched alkanes of at least 4 members (excludes halogenated alkanes) is 5. The summed E-state index contributed by atoms with van der Waals surface area (Å²) in [6.45, 7) is 11.8. The summed E-state index contributed by atoms with van der Waals surface area (Å²) in [5.74, 6) is 3.52. The summed E-state index contributed by atoms with van der Waals surface area (Å²) in [6.07, 6.45) is 25.2. The quantitative estimate of drug-likeness (QED) is 0.0982. The summed E-state index contributed by atoms with van der Waals surface area (Å²) < 4.78 is 15.7. The Bertz CT molecular complexity index is 995. The Morgan fingerprint density at radius 1 is 0.711 bits per heavy atom. The van der Waals surface area contributed by atoms with E-state index in [1.165, 1.54) is 149 Å². The van der Waals surface area contributed by atoms with Gasteiger partial charge in [-0.3, -0.25) is 9.59 Å². The second-order valence-electron chi connectivity index (χ2n) is 15.3. The molecule has 2 aliphatic heterocycles. The van der Waals surface area contributed by atoms with E-state index in [1.807, 2.05) is 6.92 Å². The molecule has 6 atom stereocenters. The highest BCUT2D eigenvalue weighted by molar-refractivity contribution is 5.84. The van der Waals surface area contributed by atoms with Crippen LogP contribution in [-0.4, -0.2) is 72.4 Å². The summed E-state index contributed by atoms with van der Waals surface area (Å²) in [6, 6.07) is 0. The van der Waals surface area contributed by atoms with Crippen molar-refractivity contribution in [2.75, 3.05) is 39.9 Å². The zero-order valence-electron chi connectivity index (χ0n) is 29.7. The Morgan fingerprint density at radius 2 is 1.36 bits per heavy atom. The van der Waals surface area contributed by atoms with Gasteiger partial charge in [0.2, 0.25) is 0 Å². The van der Waals surface area contributed by atoms with Crippen LogP contribution in [0.5, 0.6) is 0 Å². The van der Waals surface area contributed by atoms with Gasteiger partial charge in [0.25, 0.3) is 0 Å². The average Bonchev–Trinajstić information content (AvgIpc) is 3.75. The lowest BCUT2D eigenvalue weighted by Crippen LogP contribution is -2.37. The number of ether oxygens (including phenoxy) is 2. The highest BCUT2D eigenvalue weighted by Gasteiger charge is 2.38. The normalized spacial score (nSPS) is 28.7. The number of hydrogen-bond donors (Lipinski definition) is 0. The molecule has 45 heavy (non-hydrogen) atoms. The predicted molar refractivity (Wildman–Crippen MR) is 183 cm³/mol. The SMILES string of the molecule is CCOC(=O)CC(C)C1CCC(CCCCCCCCC2CC/[N+](=C3/CCCCC3C(C)CC(=O)OC)C2)CC1=[N+]1CCCC1. The molecular weight excluding hydrogens is 560 g/mol. The minimum atomic E-state index is -0.0573. The Kier molecular flexibility index (Phi) is 15.4. The molecule has 2 aliphatic carbocycles.